The first kappa shape index (κ1) is 10.7. The summed E-state index contributed by atoms with van der Waals surface area (Å²) in [6, 6.07) is 12.1. The maximum Gasteiger partial charge on any atom is 0.115 e. The Labute approximate surface area is 94.5 Å². The van der Waals surface area contributed by atoms with Crippen LogP contribution in [-0.2, 0) is 6.42 Å². The third kappa shape index (κ3) is 2.62. The topological polar surface area (TPSA) is 63.8 Å². The first-order valence-corrected chi connectivity index (χ1v) is 5.16. The molecule has 82 valence electrons. The first-order chi connectivity index (χ1) is 7.90. The predicted octanol–water partition coefficient (Wildman–Crippen LogP) is 1.22. The second kappa shape index (κ2) is 5.34. The molecule has 0 bridgehead atoms. The van der Waals surface area contributed by atoms with E-state index in [1.165, 1.54) is 0 Å². The van der Waals surface area contributed by atoms with Crippen LogP contribution in [0.1, 0.15) is 17.3 Å². The summed E-state index contributed by atoms with van der Waals surface area (Å²) >= 11 is 0. The van der Waals surface area contributed by atoms with Crippen molar-refractivity contribution in [3.63, 3.8) is 0 Å². The molecule has 0 aliphatic heterocycles. The van der Waals surface area contributed by atoms with Crippen molar-refractivity contribution < 1.29 is 0 Å². The number of hydrazine groups is 1. The summed E-state index contributed by atoms with van der Waals surface area (Å²) in [6.07, 6.45) is 4.04. The molecule has 2 aromatic rings. The first-order valence-electron chi connectivity index (χ1n) is 5.16. The van der Waals surface area contributed by atoms with Gasteiger partial charge in [0.05, 0.1) is 6.04 Å². The van der Waals surface area contributed by atoms with Gasteiger partial charge in [0.25, 0.3) is 0 Å². The van der Waals surface area contributed by atoms with Gasteiger partial charge in [-0.05, 0) is 11.6 Å². The zero-order valence-corrected chi connectivity index (χ0v) is 8.88. The van der Waals surface area contributed by atoms with E-state index in [-0.39, 0.29) is 6.04 Å². The monoisotopic (exact) mass is 214 g/mol. The Morgan fingerprint density at radius 3 is 2.62 bits per heavy atom. The molecule has 1 aromatic carbocycles. The Morgan fingerprint density at radius 2 is 2.00 bits per heavy atom. The van der Waals surface area contributed by atoms with Crippen molar-refractivity contribution in [3.8, 4) is 0 Å². The highest BCUT2D eigenvalue weighted by atomic mass is 15.2. The smallest absolute Gasteiger partial charge is 0.115 e. The van der Waals surface area contributed by atoms with Gasteiger partial charge in [-0.2, -0.15) is 0 Å². The van der Waals surface area contributed by atoms with Crippen molar-refractivity contribution in [1.82, 2.24) is 15.4 Å². The molecule has 16 heavy (non-hydrogen) atoms. The Kier molecular flexibility index (Phi) is 3.58. The number of aromatic nitrogens is 2. The lowest BCUT2D eigenvalue weighted by atomic mass is 10.0. The lowest BCUT2D eigenvalue weighted by Gasteiger charge is -2.15. The van der Waals surface area contributed by atoms with E-state index >= 15 is 0 Å². The predicted molar refractivity (Wildman–Crippen MR) is 62.2 cm³/mol. The minimum Gasteiger partial charge on any atom is -0.271 e. The van der Waals surface area contributed by atoms with E-state index in [0.717, 1.165) is 17.7 Å². The molecule has 0 radical (unpaired) electrons. The van der Waals surface area contributed by atoms with Gasteiger partial charge < -0.3 is 0 Å². The van der Waals surface area contributed by atoms with Crippen LogP contribution < -0.4 is 11.3 Å². The van der Waals surface area contributed by atoms with Gasteiger partial charge in [-0.15, -0.1) is 0 Å². The summed E-state index contributed by atoms with van der Waals surface area (Å²) in [6.45, 7) is 0. The average molecular weight is 214 g/mol. The SMILES string of the molecule is NN[C@H](Cc1ccncn1)c1ccccc1. The van der Waals surface area contributed by atoms with Crippen molar-refractivity contribution in [2.24, 2.45) is 5.84 Å². The minimum atomic E-state index is 0.0797. The molecule has 0 spiro atoms. The summed E-state index contributed by atoms with van der Waals surface area (Å²) in [5.41, 5.74) is 4.94. The molecule has 0 unspecified atom stereocenters. The van der Waals surface area contributed by atoms with Crippen molar-refractivity contribution in [2.45, 2.75) is 12.5 Å². The maximum absolute atomic E-state index is 5.56. The van der Waals surface area contributed by atoms with Gasteiger partial charge in [0.15, 0.2) is 0 Å². The quantitative estimate of drug-likeness (QED) is 0.593. The molecular weight excluding hydrogens is 200 g/mol. The second-order valence-corrected chi connectivity index (χ2v) is 3.53. The van der Waals surface area contributed by atoms with Crippen LogP contribution in [0.25, 0.3) is 0 Å². The lowest BCUT2D eigenvalue weighted by molar-refractivity contribution is 0.545. The molecule has 0 saturated carbocycles. The Bertz CT molecular complexity index is 416. The molecule has 4 heteroatoms. The number of nitrogens with one attached hydrogen (secondary N) is 1. The third-order valence-electron chi connectivity index (χ3n) is 2.46. The Morgan fingerprint density at radius 1 is 1.19 bits per heavy atom. The molecule has 0 amide bonds. The third-order valence-corrected chi connectivity index (χ3v) is 2.46. The average Bonchev–Trinajstić information content (AvgIpc) is 2.38. The number of nitrogens with zero attached hydrogens (tertiary/aromatic N) is 2. The van der Waals surface area contributed by atoms with Crippen molar-refractivity contribution in [3.05, 3.63) is 60.2 Å². The fraction of sp³-hybridized carbons (Fsp3) is 0.167. The fourth-order valence-electron chi connectivity index (χ4n) is 1.61. The largest absolute Gasteiger partial charge is 0.271 e. The number of benzene rings is 1. The molecule has 1 atom stereocenters. The van der Waals surface area contributed by atoms with Crippen LogP contribution in [-0.4, -0.2) is 9.97 Å². The minimum absolute atomic E-state index is 0.0797. The van der Waals surface area contributed by atoms with Gasteiger partial charge >= 0.3 is 0 Å². The van der Waals surface area contributed by atoms with Crippen molar-refractivity contribution in [2.75, 3.05) is 0 Å². The lowest BCUT2D eigenvalue weighted by Crippen LogP contribution is -2.29. The fourth-order valence-corrected chi connectivity index (χ4v) is 1.61. The summed E-state index contributed by atoms with van der Waals surface area (Å²) in [5.74, 6) is 5.56. The summed E-state index contributed by atoms with van der Waals surface area (Å²) in [5, 5.41) is 0. The summed E-state index contributed by atoms with van der Waals surface area (Å²) < 4.78 is 0. The molecule has 3 N–H and O–H groups in total. The highest BCUT2D eigenvalue weighted by molar-refractivity contribution is 5.20. The van der Waals surface area contributed by atoms with Gasteiger partial charge in [-0.3, -0.25) is 11.3 Å². The highest BCUT2D eigenvalue weighted by Crippen LogP contribution is 2.15. The zero-order chi connectivity index (χ0) is 11.2. The van der Waals surface area contributed by atoms with Gasteiger partial charge in [-0.1, -0.05) is 30.3 Å². The molecule has 0 fully saturated rings. The van der Waals surface area contributed by atoms with Crippen molar-refractivity contribution >= 4 is 0 Å². The van der Waals surface area contributed by atoms with E-state index in [0.29, 0.717) is 0 Å². The van der Waals surface area contributed by atoms with Crippen LogP contribution in [0.4, 0.5) is 0 Å². The van der Waals surface area contributed by atoms with Gasteiger partial charge in [0.2, 0.25) is 0 Å². The molecule has 0 aliphatic carbocycles. The summed E-state index contributed by atoms with van der Waals surface area (Å²) in [4.78, 5) is 8.07. The molecule has 0 saturated heterocycles. The second-order valence-electron chi connectivity index (χ2n) is 3.53. The summed E-state index contributed by atoms with van der Waals surface area (Å²) in [7, 11) is 0. The number of rotatable bonds is 4. The Balaban J connectivity index is 2.13. The van der Waals surface area contributed by atoms with E-state index in [4.69, 9.17) is 5.84 Å². The number of hydrogen-bond acceptors (Lipinski definition) is 4. The molecule has 1 heterocycles. The standard InChI is InChI=1S/C12H14N4/c13-16-12(10-4-2-1-3-5-10)8-11-6-7-14-9-15-11/h1-7,9,12,16H,8,13H2/t12-/m1/s1. The molecule has 4 nitrogen and oxygen atoms in total. The molecule has 1 aromatic heterocycles. The van der Waals surface area contributed by atoms with Gasteiger partial charge in [0.1, 0.15) is 6.33 Å². The van der Waals surface area contributed by atoms with E-state index in [2.05, 4.69) is 15.4 Å². The molecule has 0 aliphatic rings. The van der Waals surface area contributed by atoms with Gasteiger partial charge in [0, 0.05) is 18.3 Å². The molecular formula is C12H14N4. The van der Waals surface area contributed by atoms with Crippen molar-refractivity contribution in [1.29, 1.82) is 0 Å². The van der Waals surface area contributed by atoms with Crippen LogP contribution in [0.2, 0.25) is 0 Å². The highest BCUT2D eigenvalue weighted by Gasteiger charge is 2.10. The number of hydrogen-bond donors (Lipinski definition) is 2. The molecule has 2 rings (SSSR count). The van der Waals surface area contributed by atoms with E-state index in [1.54, 1.807) is 12.5 Å². The van der Waals surface area contributed by atoms with Crippen LogP contribution in [0.5, 0.6) is 0 Å². The van der Waals surface area contributed by atoms with Crippen LogP contribution >= 0.6 is 0 Å². The van der Waals surface area contributed by atoms with E-state index < -0.39 is 0 Å². The van der Waals surface area contributed by atoms with E-state index in [9.17, 15) is 0 Å². The number of nitrogens with two attached hydrogens (primary N) is 1. The van der Waals surface area contributed by atoms with Crippen LogP contribution in [0.15, 0.2) is 48.9 Å². The maximum atomic E-state index is 5.56. The zero-order valence-electron chi connectivity index (χ0n) is 8.88. The van der Waals surface area contributed by atoms with Crippen LogP contribution in [0.3, 0.4) is 0 Å². The van der Waals surface area contributed by atoms with Crippen LogP contribution in [0, 0.1) is 0 Å². The van der Waals surface area contributed by atoms with E-state index in [1.807, 2.05) is 36.4 Å². The normalized spacial score (nSPS) is 12.3. The van der Waals surface area contributed by atoms with Gasteiger partial charge in [-0.25, -0.2) is 9.97 Å². The Hall–Kier alpha value is -1.78.